The highest BCUT2D eigenvalue weighted by molar-refractivity contribution is 6.00. The lowest BCUT2D eigenvalue weighted by molar-refractivity contribution is 1.30. The van der Waals surface area contributed by atoms with E-state index in [9.17, 15) is 0 Å². The number of nitrogens with zero attached hydrogens (tertiary/aromatic N) is 2. The molecule has 0 atom stereocenters. The Morgan fingerprint density at radius 2 is 0.577 bits per heavy atom. The molecule has 0 aliphatic rings. The van der Waals surface area contributed by atoms with Crippen LogP contribution in [0.15, 0.2) is 218 Å². The van der Waals surface area contributed by atoms with Crippen LogP contribution in [-0.2, 0) is 0 Å². The van der Waals surface area contributed by atoms with Gasteiger partial charge in [0.2, 0.25) is 0 Å². The minimum atomic E-state index is 1.12. The molecule has 0 unspecified atom stereocenters. The third-order valence-electron chi connectivity index (χ3n) is 9.80. The van der Waals surface area contributed by atoms with E-state index in [1.54, 1.807) is 0 Å². The molecule has 246 valence electrons. The summed E-state index contributed by atoms with van der Waals surface area (Å²) in [6.07, 6.45) is 0. The van der Waals surface area contributed by atoms with Crippen LogP contribution in [0.3, 0.4) is 0 Å². The Bertz CT molecular complexity index is 2430. The van der Waals surface area contributed by atoms with Crippen LogP contribution >= 0.6 is 0 Å². The zero-order valence-electron chi connectivity index (χ0n) is 28.7. The smallest absolute Gasteiger partial charge is 0.0540 e. The van der Waals surface area contributed by atoms with Gasteiger partial charge < -0.3 is 9.80 Å². The molecule has 0 spiro atoms. The maximum Gasteiger partial charge on any atom is 0.0540 e. The standard InChI is InChI=1S/C50H36N2/c1-3-21-43(22-4-1)51(49-29-13-17-39-15-7-9-27-47(39)49)45-25-11-19-41(35-45)37-31-33-38(34-32-37)42-20-12-26-46(36-42)52(44-23-5-2-6-24-44)50-30-14-18-40-16-8-10-28-48(40)50/h1-36H. The van der Waals surface area contributed by atoms with Gasteiger partial charge in [0.05, 0.1) is 11.4 Å². The molecule has 9 rings (SSSR count). The van der Waals surface area contributed by atoms with Gasteiger partial charge in [-0.15, -0.1) is 0 Å². The van der Waals surface area contributed by atoms with Crippen molar-refractivity contribution in [3.05, 3.63) is 218 Å². The number of para-hydroxylation sites is 2. The topological polar surface area (TPSA) is 6.48 Å². The Hall–Kier alpha value is -6.90. The molecule has 2 nitrogen and oxygen atoms in total. The molecule has 2 heteroatoms. The van der Waals surface area contributed by atoms with Gasteiger partial charge >= 0.3 is 0 Å². The van der Waals surface area contributed by atoms with E-state index in [1.165, 1.54) is 43.8 Å². The van der Waals surface area contributed by atoms with Gasteiger partial charge in [-0.3, -0.25) is 0 Å². The number of benzene rings is 9. The van der Waals surface area contributed by atoms with Crippen molar-refractivity contribution in [2.45, 2.75) is 0 Å². The van der Waals surface area contributed by atoms with Crippen molar-refractivity contribution in [2.24, 2.45) is 0 Å². The predicted molar refractivity (Wildman–Crippen MR) is 222 cm³/mol. The van der Waals surface area contributed by atoms with Crippen LogP contribution in [0, 0.1) is 0 Å². The van der Waals surface area contributed by atoms with E-state index in [4.69, 9.17) is 0 Å². The van der Waals surface area contributed by atoms with E-state index in [0.717, 1.165) is 34.1 Å². The molecule has 0 aliphatic heterocycles. The molecule has 0 amide bonds. The van der Waals surface area contributed by atoms with Crippen molar-refractivity contribution in [3.8, 4) is 22.3 Å². The Morgan fingerprint density at radius 1 is 0.231 bits per heavy atom. The van der Waals surface area contributed by atoms with Crippen molar-refractivity contribution < 1.29 is 0 Å². The van der Waals surface area contributed by atoms with Gasteiger partial charge in [-0.2, -0.15) is 0 Å². The Labute approximate surface area is 305 Å². The van der Waals surface area contributed by atoms with Crippen molar-refractivity contribution >= 4 is 55.7 Å². The Balaban J connectivity index is 1.07. The summed E-state index contributed by atoms with van der Waals surface area (Å²) in [4.78, 5) is 4.72. The van der Waals surface area contributed by atoms with Crippen LogP contribution < -0.4 is 9.80 Å². The average Bonchev–Trinajstić information content (AvgIpc) is 3.22. The first kappa shape index (κ1) is 31.1. The zero-order chi connectivity index (χ0) is 34.7. The summed E-state index contributed by atoms with van der Waals surface area (Å²) in [6, 6.07) is 78.2. The van der Waals surface area contributed by atoms with E-state index in [0.29, 0.717) is 0 Å². The van der Waals surface area contributed by atoms with Gasteiger partial charge in [0.1, 0.15) is 0 Å². The first-order valence-electron chi connectivity index (χ1n) is 17.8. The molecule has 0 radical (unpaired) electrons. The maximum absolute atomic E-state index is 2.36. The number of fused-ring (bicyclic) bond motifs is 2. The fourth-order valence-electron chi connectivity index (χ4n) is 7.32. The SMILES string of the molecule is c1ccc(N(c2cccc(-c3ccc(-c4cccc(N(c5ccccc5)c5cccc6ccccc56)c4)cc3)c2)c2cccc3ccccc23)cc1. The molecule has 0 fully saturated rings. The zero-order valence-corrected chi connectivity index (χ0v) is 28.7. The van der Waals surface area contributed by atoms with Crippen LogP contribution in [0.5, 0.6) is 0 Å². The third kappa shape index (κ3) is 5.97. The molecule has 0 aliphatic carbocycles. The van der Waals surface area contributed by atoms with Gasteiger partial charge in [0.15, 0.2) is 0 Å². The van der Waals surface area contributed by atoms with Crippen molar-refractivity contribution in [2.75, 3.05) is 9.80 Å². The van der Waals surface area contributed by atoms with Crippen LogP contribution in [0.2, 0.25) is 0 Å². The molecule has 0 saturated carbocycles. The summed E-state index contributed by atoms with van der Waals surface area (Å²) in [5, 5.41) is 4.88. The summed E-state index contributed by atoms with van der Waals surface area (Å²) in [6.45, 7) is 0. The van der Waals surface area contributed by atoms with Crippen LogP contribution in [0.1, 0.15) is 0 Å². The van der Waals surface area contributed by atoms with Gasteiger partial charge in [-0.1, -0.05) is 158 Å². The van der Waals surface area contributed by atoms with Gasteiger partial charge in [-0.25, -0.2) is 0 Å². The van der Waals surface area contributed by atoms with E-state index in [-0.39, 0.29) is 0 Å². The minimum absolute atomic E-state index is 1.12. The van der Waals surface area contributed by atoms with Crippen LogP contribution in [0.4, 0.5) is 34.1 Å². The van der Waals surface area contributed by atoms with Crippen molar-refractivity contribution in [1.29, 1.82) is 0 Å². The van der Waals surface area contributed by atoms with Crippen molar-refractivity contribution in [3.63, 3.8) is 0 Å². The fraction of sp³-hybridized carbons (Fsp3) is 0. The Morgan fingerprint density at radius 3 is 1.02 bits per heavy atom. The van der Waals surface area contributed by atoms with E-state index in [2.05, 4.69) is 228 Å². The molecular formula is C50H36N2. The second-order valence-corrected chi connectivity index (χ2v) is 13.0. The summed E-state index contributed by atoms with van der Waals surface area (Å²) in [5.74, 6) is 0. The van der Waals surface area contributed by atoms with Crippen LogP contribution in [0.25, 0.3) is 43.8 Å². The summed E-state index contributed by atoms with van der Waals surface area (Å²) < 4.78 is 0. The van der Waals surface area contributed by atoms with Crippen LogP contribution in [-0.4, -0.2) is 0 Å². The largest absolute Gasteiger partial charge is 0.310 e. The van der Waals surface area contributed by atoms with Crippen molar-refractivity contribution in [1.82, 2.24) is 0 Å². The second kappa shape index (κ2) is 13.8. The minimum Gasteiger partial charge on any atom is -0.310 e. The maximum atomic E-state index is 2.36. The Kier molecular flexibility index (Phi) is 8.24. The average molecular weight is 665 g/mol. The summed E-state index contributed by atoms with van der Waals surface area (Å²) >= 11 is 0. The van der Waals surface area contributed by atoms with Gasteiger partial charge in [0.25, 0.3) is 0 Å². The lowest BCUT2D eigenvalue weighted by Gasteiger charge is -2.27. The monoisotopic (exact) mass is 664 g/mol. The lowest BCUT2D eigenvalue weighted by atomic mass is 9.99. The highest BCUT2D eigenvalue weighted by Crippen LogP contribution is 2.42. The molecule has 0 N–H and O–H groups in total. The molecule has 52 heavy (non-hydrogen) atoms. The molecule has 9 aromatic carbocycles. The predicted octanol–water partition coefficient (Wildman–Crippen LogP) is 14.3. The molecule has 9 aromatic rings. The molecule has 0 aromatic heterocycles. The van der Waals surface area contributed by atoms with Gasteiger partial charge in [0, 0.05) is 33.5 Å². The van der Waals surface area contributed by atoms with E-state index < -0.39 is 0 Å². The molecule has 0 saturated heterocycles. The first-order valence-corrected chi connectivity index (χ1v) is 17.8. The molecular weight excluding hydrogens is 629 g/mol. The molecule has 0 bridgehead atoms. The number of anilines is 6. The molecule has 0 heterocycles. The highest BCUT2D eigenvalue weighted by Gasteiger charge is 2.17. The van der Waals surface area contributed by atoms with Gasteiger partial charge in [-0.05, 0) is 93.7 Å². The second-order valence-electron chi connectivity index (χ2n) is 13.0. The quantitative estimate of drug-likeness (QED) is 0.159. The lowest BCUT2D eigenvalue weighted by Crippen LogP contribution is -2.10. The number of hydrogen-bond acceptors (Lipinski definition) is 2. The highest BCUT2D eigenvalue weighted by atomic mass is 15.1. The number of rotatable bonds is 8. The summed E-state index contributed by atoms with van der Waals surface area (Å²) in [7, 11) is 0. The normalized spacial score (nSPS) is 11.1. The first-order chi connectivity index (χ1) is 25.8. The van der Waals surface area contributed by atoms with E-state index >= 15 is 0 Å². The summed E-state index contributed by atoms with van der Waals surface area (Å²) in [5.41, 5.74) is 11.5. The fourth-order valence-corrected chi connectivity index (χ4v) is 7.32. The number of hydrogen-bond donors (Lipinski definition) is 0. The third-order valence-corrected chi connectivity index (χ3v) is 9.80. The van der Waals surface area contributed by atoms with E-state index in [1.807, 2.05) is 0 Å².